The van der Waals surface area contributed by atoms with Gasteiger partial charge in [0, 0.05) is 38.1 Å². The van der Waals surface area contributed by atoms with Crippen LogP contribution < -0.4 is 26.2 Å². The molecule has 6 amide bonds. The van der Waals surface area contributed by atoms with Crippen LogP contribution in [-0.4, -0.2) is 61.5 Å². The number of urea groups is 2. The molecule has 0 aromatic heterocycles. The van der Waals surface area contributed by atoms with Crippen molar-refractivity contribution in [2.75, 3.05) is 42.3 Å². The van der Waals surface area contributed by atoms with E-state index in [2.05, 4.69) is 21.3 Å². The number of ether oxygens (including phenoxy) is 1. The zero-order valence-corrected chi connectivity index (χ0v) is 29.4. The number of hydrogen-bond donors (Lipinski definition) is 4. The van der Waals surface area contributed by atoms with Gasteiger partial charge in [-0.3, -0.25) is 14.4 Å². The highest BCUT2D eigenvalue weighted by Gasteiger charge is 2.30. The maximum Gasteiger partial charge on any atom is 0.319 e. The van der Waals surface area contributed by atoms with Crippen molar-refractivity contribution in [1.82, 2.24) is 15.5 Å². The molecule has 0 bridgehead atoms. The fourth-order valence-corrected chi connectivity index (χ4v) is 5.99. The van der Waals surface area contributed by atoms with Crippen molar-refractivity contribution in [2.24, 2.45) is 0 Å². The van der Waals surface area contributed by atoms with Gasteiger partial charge < -0.3 is 35.8 Å². The van der Waals surface area contributed by atoms with Crippen molar-refractivity contribution in [2.45, 2.75) is 45.2 Å². The minimum atomic E-state index is -0.422. The highest BCUT2D eigenvalue weighted by molar-refractivity contribution is 6.10. The molecule has 270 valence electrons. The van der Waals surface area contributed by atoms with Gasteiger partial charge in [0.2, 0.25) is 5.91 Å². The highest BCUT2D eigenvalue weighted by atomic mass is 16.5. The van der Waals surface area contributed by atoms with Gasteiger partial charge in [-0.05, 0) is 72.7 Å². The molecule has 12 heteroatoms. The first kappa shape index (κ1) is 37.1. The summed E-state index contributed by atoms with van der Waals surface area (Å²) in [7, 11) is 1.62. The quantitative estimate of drug-likeness (QED) is 0.114. The second kappa shape index (κ2) is 18.2. The van der Waals surface area contributed by atoms with Crippen LogP contribution in [0.5, 0.6) is 0 Å². The van der Waals surface area contributed by atoms with E-state index in [1.807, 2.05) is 72.8 Å². The summed E-state index contributed by atoms with van der Waals surface area (Å²) in [5.74, 6) is -1.13. The topological polar surface area (TPSA) is 149 Å². The van der Waals surface area contributed by atoms with E-state index >= 15 is 0 Å². The molecule has 4 N–H and O–H groups in total. The third kappa shape index (κ3) is 10.4. The van der Waals surface area contributed by atoms with Crippen molar-refractivity contribution in [3.05, 3.63) is 125 Å². The molecular formula is C40H44N6O6. The molecule has 0 saturated carbocycles. The van der Waals surface area contributed by atoms with Crippen LogP contribution in [0.15, 0.2) is 103 Å². The number of carbonyl (C=O) groups is 5. The lowest BCUT2D eigenvalue weighted by molar-refractivity contribution is -0.143. The molecule has 0 saturated heterocycles. The van der Waals surface area contributed by atoms with E-state index in [1.54, 1.807) is 44.3 Å². The molecule has 0 aliphatic carbocycles. The second-order valence-electron chi connectivity index (χ2n) is 12.5. The summed E-state index contributed by atoms with van der Waals surface area (Å²) in [6, 6.07) is 30.6. The van der Waals surface area contributed by atoms with Crippen LogP contribution in [-0.2, 0) is 27.4 Å². The van der Waals surface area contributed by atoms with E-state index in [-0.39, 0.29) is 55.8 Å². The fraction of sp³-hybridized carbons (Fsp3) is 0.275. The maximum atomic E-state index is 13.8. The summed E-state index contributed by atoms with van der Waals surface area (Å²) in [6.07, 6.45) is 1.18. The number of esters is 1. The summed E-state index contributed by atoms with van der Waals surface area (Å²) in [6.45, 7) is 2.91. The Kier molecular flexibility index (Phi) is 13.0. The number of rotatable bonds is 14. The summed E-state index contributed by atoms with van der Waals surface area (Å²) in [5.41, 5.74) is 4.59. The third-order valence-electron chi connectivity index (χ3n) is 8.76. The Morgan fingerprint density at radius 2 is 1.35 bits per heavy atom. The summed E-state index contributed by atoms with van der Waals surface area (Å²) in [4.78, 5) is 67.6. The number of likely N-dealkylation sites (N-methyl/N-ethyl adjacent to an activating group) is 1. The maximum absolute atomic E-state index is 13.8. The van der Waals surface area contributed by atoms with E-state index in [4.69, 9.17) is 4.74 Å². The minimum absolute atomic E-state index is 0.112. The van der Waals surface area contributed by atoms with Crippen molar-refractivity contribution >= 4 is 46.9 Å². The predicted octanol–water partition coefficient (Wildman–Crippen LogP) is 6.27. The number of amides is 6. The van der Waals surface area contributed by atoms with Crippen molar-refractivity contribution in [3.8, 4) is 0 Å². The average Bonchev–Trinajstić information content (AvgIpc) is 3.24. The van der Waals surface area contributed by atoms with E-state index in [9.17, 15) is 24.0 Å². The van der Waals surface area contributed by atoms with E-state index in [0.717, 1.165) is 16.7 Å². The van der Waals surface area contributed by atoms with Crippen LogP contribution in [0.25, 0.3) is 0 Å². The van der Waals surface area contributed by atoms with E-state index in [0.29, 0.717) is 48.6 Å². The first-order valence-electron chi connectivity index (χ1n) is 17.3. The van der Waals surface area contributed by atoms with Crippen molar-refractivity contribution in [1.29, 1.82) is 0 Å². The van der Waals surface area contributed by atoms with Crippen LogP contribution in [0.1, 0.15) is 59.2 Å². The molecule has 1 heterocycles. The Morgan fingerprint density at radius 1 is 0.769 bits per heavy atom. The molecule has 52 heavy (non-hydrogen) atoms. The first-order chi connectivity index (χ1) is 25.2. The normalized spacial score (nSPS) is 13.0. The standard InChI is InChI=1S/C40H44N6O6/c1-3-52-37(48)23-31(30-16-18-32(19-17-30)43-39(50)41-25-28-11-6-4-7-12-28)15-10-22-46-27-36(47)45(2)35-21-20-33(24-34(35)38(46)49)44-40(51)42-26-29-13-8-5-9-14-29/h4-9,11-14,16-21,24,31H,3,10,15,22-23,25-27H2,1-2H3,(H2,41,43,50)(H2,42,44,51). The Labute approximate surface area is 303 Å². The van der Waals surface area contributed by atoms with Gasteiger partial charge in [0.25, 0.3) is 5.91 Å². The number of benzene rings is 4. The molecule has 0 radical (unpaired) electrons. The molecule has 12 nitrogen and oxygen atoms in total. The molecule has 0 fully saturated rings. The van der Waals surface area contributed by atoms with Crippen LogP contribution in [0.3, 0.4) is 0 Å². The van der Waals surface area contributed by atoms with Gasteiger partial charge in [0.1, 0.15) is 6.54 Å². The lowest BCUT2D eigenvalue weighted by Crippen LogP contribution is -2.38. The summed E-state index contributed by atoms with van der Waals surface area (Å²) in [5, 5.41) is 11.3. The van der Waals surface area contributed by atoms with Crippen LogP contribution in [0.2, 0.25) is 0 Å². The molecule has 1 aliphatic rings. The fourth-order valence-electron chi connectivity index (χ4n) is 5.99. The Balaban J connectivity index is 1.21. The largest absolute Gasteiger partial charge is 0.466 e. The van der Waals surface area contributed by atoms with Gasteiger partial charge in [-0.2, -0.15) is 0 Å². The Morgan fingerprint density at radius 3 is 1.94 bits per heavy atom. The monoisotopic (exact) mass is 704 g/mol. The number of hydrogen-bond acceptors (Lipinski definition) is 6. The summed E-state index contributed by atoms with van der Waals surface area (Å²) >= 11 is 0. The minimum Gasteiger partial charge on any atom is -0.466 e. The molecule has 0 spiro atoms. The molecule has 1 aliphatic heterocycles. The second-order valence-corrected chi connectivity index (χ2v) is 12.5. The van der Waals surface area contributed by atoms with Gasteiger partial charge in [-0.1, -0.05) is 72.8 Å². The lowest BCUT2D eigenvalue weighted by atomic mass is 9.91. The van der Waals surface area contributed by atoms with Gasteiger partial charge >= 0.3 is 18.0 Å². The van der Waals surface area contributed by atoms with Crippen molar-refractivity contribution < 1.29 is 28.7 Å². The first-order valence-corrected chi connectivity index (χ1v) is 17.3. The zero-order chi connectivity index (χ0) is 36.9. The SMILES string of the molecule is CCOC(=O)CC(CCCN1CC(=O)N(C)c2ccc(NC(=O)NCc3ccccc3)cc2C1=O)c1ccc(NC(=O)NCc2ccccc2)cc1. The number of anilines is 3. The predicted molar refractivity (Wildman–Crippen MR) is 200 cm³/mol. The van der Waals surface area contributed by atoms with Gasteiger partial charge in [-0.25, -0.2) is 9.59 Å². The van der Waals surface area contributed by atoms with Crippen LogP contribution in [0.4, 0.5) is 26.7 Å². The van der Waals surface area contributed by atoms with E-state index in [1.165, 1.54) is 9.80 Å². The third-order valence-corrected chi connectivity index (χ3v) is 8.76. The smallest absolute Gasteiger partial charge is 0.319 e. The number of fused-ring (bicyclic) bond motifs is 1. The van der Waals surface area contributed by atoms with Crippen LogP contribution in [0, 0.1) is 0 Å². The van der Waals surface area contributed by atoms with Crippen molar-refractivity contribution in [3.63, 3.8) is 0 Å². The highest BCUT2D eigenvalue weighted by Crippen LogP contribution is 2.30. The molecule has 4 aromatic rings. The lowest BCUT2D eigenvalue weighted by Gasteiger charge is -2.22. The molecular weight excluding hydrogens is 660 g/mol. The average molecular weight is 705 g/mol. The molecule has 5 rings (SSSR count). The number of carbonyl (C=O) groups excluding carboxylic acids is 5. The van der Waals surface area contributed by atoms with Crippen LogP contribution >= 0.6 is 0 Å². The number of nitrogens with zero attached hydrogens (tertiary/aromatic N) is 2. The Bertz CT molecular complexity index is 1850. The van der Waals surface area contributed by atoms with Gasteiger partial charge in [-0.15, -0.1) is 0 Å². The Hall–Kier alpha value is -6.17. The van der Waals surface area contributed by atoms with Gasteiger partial charge in [0.15, 0.2) is 0 Å². The molecule has 1 unspecified atom stereocenters. The van der Waals surface area contributed by atoms with E-state index < -0.39 is 6.03 Å². The zero-order valence-electron chi connectivity index (χ0n) is 29.4. The molecule has 1 atom stereocenters. The number of nitrogens with one attached hydrogen (secondary N) is 4. The molecule has 4 aromatic carbocycles. The summed E-state index contributed by atoms with van der Waals surface area (Å²) < 4.78 is 5.25. The van der Waals surface area contributed by atoms with Gasteiger partial charge in [0.05, 0.1) is 24.3 Å².